The average Bonchev–Trinajstić information content (AvgIpc) is 3.05. The fraction of sp³-hybridized carbons (Fsp3) is 0.488. The lowest BCUT2D eigenvalue weighted by Gasteiger charge is -2.42. The Kier molecular flexibility index (Phi) is 26.1. The molecule has 3 heteroatoms. The van der Waals surface area contributed by atoms with Crippen LogP contribution < -0.4 is 0 Å². The van der Waals surface area contributed by atoms with Crippen molar-refractivity contribution in [3.8, 4) is 0 Å². The predicted molar refractivity (Wildman–Crippen MR) is 211 cm³/mol. The number of halogens is 2. The van der Waals surface area contributed by atoms with Gasteiger partial charge in [-0.25, -0.2) is 0 Å². The monoisotopic (exact) mass is 665 g/mol. The molecule has 0 amide bonds. The second-order valence-corrected chi connectivity index (χ2v) is 13.4. The summed E-state index contributed by atoms with van der Waals surface area (Å²) in [5, 5.41) is 1.45. The zero-order valence-electron chi connectivity index (χ0n) is 30.1. The normalized spacial score (nSPS) is 16.4. The van der Waals surface area contributed by atoms with Crippen molar-refractivity contribution in [2.24, 2.45) is 17.3 Å². The summed E-state index contributed by atoms with van der Waals surface area (Å²) in [6.45, 7) is 25.4. The lowest BCUT2D eigenvalue weighted by molar-refractivity contribution is 0.120. The van der Waals surface area contributed by atoms with Crippen molar-refractivity contribution in [1.29, 1.82) is 0 Å². The zero-order chi connectivity index (χ0) is 34.6. The summed E-state index contributed by atoms with van der Waals surface area (Å²) in [6.07, 6.45) is 25.6. The van der Waals surface area contributed by atoms with Crippen molar-refractivity contribution in [3.63, 3.8) is 0 Å². The van der Waals surface area contributed by atoms with Gasteiger partial charge >= 0.3 is 0 Å². The SMILES string of the molecule is C=CC.C=CC.C=CCC(CC)(CC1CCCCC1)CN(Cc1ccc(Cl)cc1Cl)C1=CCC(C)C=C1.CCC.c1ccccc1. The minimum Gasteiger partial charge on any atom is -0.367 e. The van der Waals surface area contributed by atoms with Crippen LogP contribution in [-0.4, -0.2) is 11.4 Å². The van der Waals surface area contributed by atoms with Crippen LogP contribution in [0.15, 0.2) is 116 Å². The molecule has 2 atom stereocenters. The van der Waals surface area contributed by atoms with Crippen molar-refractivity contribution >= 4 is 23.2 Å². The third kappa shape index (κ3) is 19.2. The Balaban J connectivity index is 0.00000112. The number of nitrogens with zero attached hydrogens (tertiary/aromatic N) is 1. The molecule has 0 bridgehead atoms. The molecule has 4 rings (SSSR count). The van der Waals surface area contributed by atoms with Gasteiger partial charge in [-0.15, -0.1) is 19.7 Å². The summed E-state index contributed by atoms with van der Waals surface area (Å²) >= 11 is 12.8. The Bertz CT molecular complexity index is 1080. The van der Waals surface area contributed by atoms with Crippen LogP contribution in [0.1, 0.15) is 111 Å². The standard InChI is InChI=1S/C28H39Cl2N.C6H6.C3H8.2C3H6/c1-4-17-28(5-2,19-23-9-7-6-8-10-23)21-31(26-15-11-22(3)12-16-26)20-24-13-14-25(29)18-27(24)30;1-2-4-6-5-3-1;3*1-3-2/h4,11,13-16,18,22-23H,1,5-10,12,17,19-21H2,2-3H3;1-6H;3H2,1-2H3;2*3H,1H2,2H3. The first-order valence-corrected chi connectivity index (χ1v) is 18.3. The number of allylic oxidation sites excluding steroid dienone is 6. The van der Waals surface area contributed by atoms with E-state index in [1.54, 1.807) is 12.2 Å². The molecular weight excluding hydrogens is 601 g/mol. The molecule has 1 nitrogen and oxygen atoms in total. The summed E-state index contributed by atoms with van der Waals surface area (Å²) in [5.41, 5.74) is 2.72. The van der Waals surface area contributed by atoms with Crippen molar-refractivity contribution in [2.45, 2.75) is 112 Å². The highest BCUT2D eigenvalue weighted by Gasteiger charge is 2.33. The molecule has 2 aliphatic rings. The second kappa shape index (κ2) is 27.6. The molecule has 2 aliphatic carbocycles. The highest BCUT2D eigenvalue weighted by Crippen LogP contribution is 2.42. The Morgan fingerprint density at radius 3 is 1.87 bits per heavy atom. The Hall–Kier alpha value is -2.48. The lowest BCUT2D eigenvalue weighted by atomic mass is 9.70. The molecule has 2 unspecified atom stereocenters. The highest BCUT2D eigenvalue weighted by atomic mass is 35.5. The quantitative estimate of drug-likeness (QED) is 0.228. The summed E-state index contributed by atoms with van der Waals surface area (Å²) in [7, 11) is 0. The van der Waals surface area contributed by atoms with E-state index in [1.807, 2.05) is 62.4 Å². The third-order valence-corrected chi connectivity index (χ3v) is 8.59. The molecular formula is C43H65Cl2N. The van der Waals surface area contributed by atoms with E-state index < -0.39 is 0 Å². The van der Waals surface area contributed by atoms with Crippen molar-refractivity contribution < 1.29 is 0 Å². The predicted octanol–water partition coefficient (Wildman–Crippen LogP) is 14.7. The van der Waals surface area contributed by atoms with E-state index in [4.69, 9.17) is 23.2 Å². The maximum atomic E-state index is 6.59. The maximum absolute atomic E-state index is 6.59. The van der Waals surface area contributed by atoms with Gasteiger partial charge in [0.1, 0.15) is 0 Å². The minimum absolute atomic E-state index is 0.250. The molecule has 2 aromatic rings. The van der Waals surface area contributed by atoms with Gasteiger partial charge in [-0.1, -0.05) is 162 Å². The lowest BCUT2D eigenvalue weighted by Crippen LogP contribution is -2.38. The fourth-order valence-electron chi connectivity index (χ4n) is 5.76. The molecule has 256 valence electrons. The summed E-state index contributed by atoms with van der Waals surface area (Å²) in [6, 6.07) is 17.9. The van der Waals surface area contributed by atoms with E-state index in [9.17, 15) is 0 Å². The molecule has 0 radical (unpaired) electrons. The highest BCUT2D eigenvalue weighted by molar-refractivity contribution is 6.35. The maximum Gasteiger partial charge on any atom is 0.0470 e. The Morgan fingerprint density at radius 2 is 1.43 bits per heavy atom. The zero-order valence-corrected chi connectivity index (χ0v) is 31.6. The van der Waals surface area contributed by atoms with Crippen molar-refractivity contribution in [2.75, 3.05) is 6.54 Å². The number of benzene rings is 2. The topological polar surface area (TPSA) is 3.24 Å². The first-order chi connectivity index (χ1) is 22.2. The molecule has 0 saturated heterocycles. The minimum atomic E-state index is 0.250. The van der Waals surface area contributed by atoms with E-state index in [1.165, 1.54) is 57.1 Å². The van der Waals surface area contributed by atoms with Gasteiger partial charge in [0.05, 0.1) is 0 Å². The second-order valence-electron chi connectivity index (χ2n) is 12.5. The van der Waals surface area contributed by atoms with Crippen LogP contribution in [0.25, 0.3) is 0 Å². The molecule has 46 heavy (non-hydrogen) atoms. The van der Waals surface area contributed by atoms with Crippen LogP contribution in [0.3, 0.4) is 0 Å². The van der Waals surface area contributed by atoms with Gasteiger partial charge in [-0.3, -0.25) is 0 Å². The van der Waals surface area contributed by atoms with Crippen LogP contribution in [0.4, 0.5) is 0 Å². The number of hydrogen-bond acceptors (Lipinski definition) is 1. The first kappa shape index (κ1) is 43.5. The van der Waals surface area contributed by atoms with Gasteiger partial charge in [0, 0.05) is 28.8 Å². The first-order valence-electron chi connectivity index (χ1n) is 17.5. The molecule has 2 aromatic carbocycles. The van der Waals surface area contributed by atoms with Gasteiger partial charge < -0.3 is 4.90 Å². The van der Waals surface area contributed by atoms with Gasteiger partial charge in [0.2, 0.25) is 0 Å². The van der Waals surface area contributed by atoms with Crippen LogP contribution in [0.5, 0.6) is 0 Å². The van der Waals surface area contributed by atoms with Crippen LogP contribution in [-0.2, 0) is 6.54 Å². The van der Waals surface area contributed by atoms with E-state index in [0.717, 1.165) is 42.4 Å². The van der Waals surface area contributed by atoms with Gasteiger partial charge in [-0.2, -0.15) is 0 Å². The summed E-state index contributed by atoms with van der Waals surface area (Å²) in [5.74, 6) is 1.46. The molecule has 0 aliphatic heterocycles. The number of rotatable bonds is 10. The molecule has 0 N–H and O–H groups in total. The van der Waals surface area contributed by atoms with Crippen LogP contribution in [0.2, 0.25) is 10.0 Å². The van der Waals surface area contributed by atoms with E-state index in [2.05, 4.69) is 82.7 Å². The summed E-state index contributed by atoms with van der Waals surface area (Å²) < 4.78 is 0. The molecule has 0 heterocycles. The Labute approximate surface area is 295 Å². The molecule has 0 aromatic heterocycles. The fourth-order valence-corrected chi connectivity index (χ4v) is 6.23. The smallest absolute Gasteiger partial charge is 0.0470 e. The molecule has 1 fully saturated rings. The summed E-state index contributed by atoms with van der Waals surface area (Å²) in [4.78, 5) is 2.56. The van der Waals surface area contributed by atoms with E-state index >= 15 is 0 Å². The molecule has 1 saturated carbocycles. The number of hydrogen-bond donors (Lipinski definition) is 0. The van der Waals surface area contributed by atoms with Crippen LogP contribution >= 0.6 is 23.2 Å². The van der Waals surface area contributed by atoms with Gasteiger partial charge in [0.25, 0.3) is 0 Å². The Morgan fingerprint density at radius 1 is 0.891 bits per heavy atom. The molecule has 0 spiro atoms. The third-order valence-electron chi connectivity index (χ3n) is 8.00. The van der Waals surface area contributed by atoms with E-state index in [-0.39, 0.29) is 5.41 Å². The van der Waals surface area contributed by atoms with Crippen molar-refractivity contribution in [1.82, 2.24) is 4.90 Å². The largest absolute Gasteiger partial charge is 0.367 e. The van der Waals surface area contributed by atoms with Gasteiger partial charge in [0.15, 0.2) is 0 Å². The van der Waals surface area contributed by atoms with Crippen molar-refractivity contribution in [3.05, 3.63) is 132 Å². The van der Waals surface area contributed by atoms with Crippen LogP contribution in [0, 0.1) is 17.3 Å². The van der Waals surface area contributed by atoms with E-state index in [0.29, 0.717) is 10.9 Å². The van der Waals surface area contributed by atoms with Gasteiger partial charge in [-0.05, 0) is 80.6 Å². The average molecular weight is 667 g/mol.